The van der Waals surface area contributed by atoms with Crippen molar-refractivity contribution in [2.75, 3.05) is 18.5 Å². The van der Waals surface area contributed by atoms with Crippen LogP contribution >= 0.6 is 0 Å². The van der Waals surface area contributed by atoms with Crippen LogP contribution in [0.2, 0.25) is 0 Å². The predicted octanol–water partition coefficient (Wildman–Crippen LogP) is 1.65. The predicted molar refractivity (Wildman–Crippen MR) is 59.8 cm³/mol. The Kier molecular flexibility index (Phi) is 3.26. The van der Waals surface area contributed by atoms with E-state index in [0.29, 0.717) is 12.0 Å². The molecule has 2 heterocycles. The van der Waals surface area contributed by atoms with Crippen LogP contribution in [-0.2, 0) is 11.8 Å². The molecule has 1 aliphatic rings. The highest BCUT2D eigenvalue weighted by molar-refractivity contribution is 5.34. The molecule has 0 aromatic carbocycles. The van der Waals surface area contributed by atoms with Gasteiger partial charge in [0, 0.05) is 32.4 Å². The summed E-state index contributed by atoms with van der Waals surface area (Å²) in [4.78, 5) is 0. The van der Waals surface area contributed by atoms with Crippen molar-refractivity contribution in [1.82, 2.24) is 9.78 Å². The highest BCUT2D eigenvalue weighted by Crippen LogP contribution is 2.21. The maximum Gasteiger partial charge on any atom is 0.124 e. The first-order valence-electron chi connectivity index (χ1n) is 5.59. The van der Waals surface area contributed by atoms with E-state index in [1.165, 1.54) is 0 Å². The van der Waals surface area contributed by atoms with Gasteiger partial charge in [-0.3, -0.25) is 4.68 Å². The van der Waals surface area contributed by atoms with Gasteiger partial charge in [-0.15, -0.1) is 0 Å². The Bertz CT molecular complexity index is 305. The van der Waals surface area contributed by atoms with Gasteiger partial charge in [-0.05, 0) is 25.7 Å². The molecule has 0 amide bonds. The molecule has 1 aliphatic heterocycles. The molecule has 2 rings (SSSR count). The maximum absolute atomic E-state index is 5.36. The number of aromatic nitrogens is 2. The Morgan fingerprint density at radius 1 is 1.53 bits per heavy atom. The van der Waals surface area contributed by atoms with E-state index in [0.717, 1.165) is 31.9 Å². The van der Waals surface area contributed by atoms with E-state index >= 15 is 0 Å². The summed E-state index contributed by atoms with van der Waals surface area (Å²) >= 11 is 0. The van der Waals surface area contributed by atoms with E-state index in [1.54, 1.807) is 0 Å². The summed E-state index contributed by atoms with van der Waals surface area (Å²) in [6.07, 6.45) is 4.14. The molecule has 0 radical (unpaired) electrons. The molecular weight excluding hydrogens is 190 g/mol. The van der Waals surface area contributed by atoms with Crippen LogP contribution in [-0.4, -0.2) is 29.0 Å². The Hall–Kier alpha value is -1.03. The largest absolute Gasteiger partial charge is 0.381 e. The standard InChI is InChI=1S/C11H19N3O/c1-9(10-4-7-15-8-5-10)13-11-3-6-12-14(11)2/h3,6,9-10,13H,4-5,7-8H2,1-2H3. The van der Waals surface area contributed by atoms with Crippen molar-refractivity contribution < 1.29 is 4.74 Å². The lowest BCUT2D eigenvalue weighted by Crippen LogP contribution is -2.31. The summed E-state index contributed by atoms with van der Waals surface area (Å²) in [6.45, 7) is 4.05. The van der Waals surface area contributed by atoms with Gasteiger partial charge in [0.05, 0.1) is 6.20 Å². The molecule has 4 heteroatoms. The smallest absolute Gasteiger partial charge is 0.124 e. The number of hydrogen-bond donors (Lipinski definition) is 1. The molecule has 0 saturated carbocycles. The average molecular weight is 209 g/mol. The van der Waals surface area contributed by atoms with Crippen LogP contribution in [0.1, 0.15) is 19.8 Å². The first-order valence-corrected chi connectivity index (χ1v) is 5.59. The average Bonchev–Trinajstić information content (AvgIpc) is 2.66. The molecule has 1 unspecified atom stereocenters. The molecule has 0 spiro atoms. The summed E-state index contributed by atoms with van der Waals surface area (Å²) in [5, 5.41) is 7.65. The van der Waals surface area contributed by atoms with Gasteiger partial charge in [-0.2, -0.15) is 5.10 Å². The Morgan fingerprint density at radius 2 is 2.27 bits per heavy atom. The van der Waals surface area contributed by atoms with Crippen molar-refractivity contribution in [3.63, 3.8) is 0 Å². The molecule has 1 aromatic rings. The minimum Gasteiger partial charge on any atom is -0.381 e. The van der Waals surface area contributed by atoms with E-state index in [1.807, 2.05) is 24.0 Å². The van der Waals surface area contributed by atoms with Crippen LogP contribution < -0.4 is 5.32 Å². The third-order valence-corrected chi connectivity index (χ3v) is 3.17. The van der Waals surface area contributed by atoms with Crippen molar-refractivity contribution in [1.29, 1.82) is 0 Å². The summed E-state index contributed by atoms with van der Waals surface area (Å²) in [5.41, 5.74) is 0. The first kappa shape index (κ1) is 10.5. The monoisotopic (exact) mass is 209 g/mol. The zero-order valence-electron chi connectivity index (χ0n) is 9.44. The number of ether oxygens (including phenoxy) is 1. The van der Waals surface area contributed by atoms with Crippen LogP contribution in [0.3, 0.4) is 0 Å². The molecule has 1 aromatic heterocycles. The van der Waals surface area contributed by atoms with E-state index in [2.05, 4.69) is 17.3 Å². The second-order valence-electron chi connectivity index (χ2n) is 4.22. The summed E-state index contributed by atoms with van der Waals surface area (Å²) < 4.78 is 7.23. The quantitative estimate of drug-likeness (QED) is 0.822. The number of nitrogens with one attached hydrogen (secondary N) is 1. The SMILES string of the molecule is CC(Nc1ccnn1C)C1CCOCC1. The number of aryl methyl sites for hydroxylation is 1. The van der Waals surface area contributed by atoms with Crippen LogP contribution in [0.5, 0.6) is 0 Å². The normalized spacial score (nSPS) is 20.1. The molecule has 0 bridgehead atoms. The fraction of sp³-hybridized carbons (Fsp3) is 0.727. The molecular formula is C11H19N3O. The number of hydrogen-bond acceptors (Lipinski definition) is 3. The van der Waals surface area contributed by atoms with Crippen LogP contribution in [0.4, 0.5) is 5.82 Å². The lowest BCUT2D eigenvalue weighted by Gasteiger charge is -2.28. The lowest BCUT2D eigenvalue weighted by atomic mass is 9.93. The van der Waals surface area contributed by atoms with Crippen LogP contribution in [0, 0.1) is 5.92 Å². The highest BCUT2D eigenvalue weighted by atomic mass is 16.5. The Morgan fingerprint density at radius 3 is 2.87 bits per heavy atom. The molecule has 15 heavy (non-hydrogen) atoms. The second kappa shape index (κ2) is 4.66. The molecule has 4 nitrogen and oxygen atoms in total. The molecule has 1 atom stereocenters. The molecule has 1 N–H and O–H groups in total. The third-order valence-electron chi connectivity index (χ3n) is 3.17. The minimum absolute atomic E-state index is 0.490. The Labute approximate surface area is 90.6 Å². The van der Waals surface area contributed by atoms with Crippen molar-refractivity contribution in [2.24, 2.45) is 13.0 Å². The van der Waals surface area contributed by atoms with Gasteiger partial charge < -0.3 is 10.1 Å². The third kappa shape index (κ3) is 2.50. The fourth-order valence-corrected chi connectivity index (χ4v) is 2.08. The van der Waals surface area contributed by atoms with E-state index in [9.17, 15) is 0 Å². The van der Waals surface area contributed by atoms with Crippen molar-refractivity contribution in [2.45, 2.75) is 25.8 Å². The van der Waals surface area contributed by atoms with E-state index in [4.69, 9.17) is 4.74 Å². The van der Waals surface area contributed by atoms with Gasteiger partial charge in [-0.25, -0.2) is 0 Å². The van der Waals surface area contributed by atoms with E-state index < -0.39 is 0 Å². The van der Waals surface area contributed by atoms with E-state index in [-0.39, 0.29) is 0 Å². The summed E-state index contributed by atoms with van der Waals surface area (Å²) in [7, 11) is 1.96. The fourth-order valence-electron chi connectivity index (χ4n) is 2.08. The topological polar surface area (TPSA) is 39.1 Å². The lowest BCUT2D eigenvalue weighted by molar-refractivity contribution is 0.0622. The van der Waals surface area contributed by atoms with Gasteiger partial charge in [0.15, 0.2) is 0 Å². The van der Waals surface area contributed by atoms with Crippen molar-refractivity contribution >= 4 is 5.82 Å². The Balaban J connectivity index is 1.91. The highest BCUT2D eigenvalue weighted by Gasteiger charge is 2.20. The molecule has 1 fully saturated rings. The zero-order valence-corrected chi connectivity index (χ0v) is 9.44. The van der Waals surface area contributed by atoms with Gasteiger partial charge in [0.1, 0.15) is 5.82 Å². The van der Waals surface area contributed by atoms with Crippen LogP contribution in [0.25, 0.3) is 0 Å². The van der Waals surface area contributed by atoms with Gasteiger partial charge in [-0.1, -0.05) is 0 Å². The number of rotatable bonds is 3. The minimum atomic E-state index is 0.490. The van der Waals surface area contributed by atoms with Gasteiger partial charge in [0.25, 0.3) is 0 Å². The number of nitrogens with zero attached hydrogens (tertiary/aromatic N) is 2. The van der Waals surface area contributed by atoms with Crippen LogP contribution in [0.15, 0.2) is 12.3 Å². The molecule has 84 valence electrons. The van der Waals surface area contributed by atoms with Crippen molar-refractivity contribution in [3.8, 4) is 0 Å². The number of anilines is 1. The maximum atomic E-state index is 5.36. The summed E-state index contributed by atoms with van der Waals surface area (Å²) in [5.74, 6) is 1.81. The molecule has 0 aliphatic carbocycles. The summed E-state index contributed by atoms with van der Waals surface area (Å²) in [6, 6.07) is 2.50. The molecule has 1 saturated heterocycles. The van der Waals surface area contributed by atoms with Gasteiger partial charge >= 0.3 is 0 Å². The first-order chi connectivity index (χ1) is 7.27. The van der Waals surface area contributed by atoms with Crippen molar-refractivity contribution in [3.05, 3.63) is 12.3 Å². The van der Waals surface area contributed by atoms with Gasteiger partial charge in [0.2, 0.25) is 0 Å². The zero-order chi connectivity index (χ0) is 10.7. The second-order valence-corrected chi connectivity index (χ2v) is 4.22.